The monoisotopic (exact) mass is 279 g/mol. The number of carbonyl (C=O) groups is 2. The number of nitrogens with two attached hydrogens (primary N) is 1. The lowest BCUT2D eigenvalue weighted by Crippen LogP contribution is -2.52. The van der Waals surface area contributed by atoms with E-state index in [4.69, 9.17) is 5.73 Å². The van der Waals surface area contributed by atoms with Crippen LogP contribution in [0.1, 0.15) is 13.8 Å². The van der Waals surface area contributed by atoms with Crippen LogP contribution in [0.3, 0.4) is 0 Å². The lowest BCUT2D eigenvalue weighted by molar-refractivity contribution is -0.141. The van der Waals surface area contributed by atoms with Gasteiger partial charge in [0, 0.05) is 38.3 Å². The third kappa shape index (κ3) is 3.28. The Morgan fingerprint density at radius 2 is 1.85 bits per heavy atom. The molecule has 0 aromatic carbocycles. The van der Waals surface area contributed by atoms with Crippen molar-refractivity contribution in [2.24, 2.45) is 5.92 Å². The Bertz CT molecular complexity index is 489. The van der Waals surface area contributed by atoms with Gasteiger partial charge < -0.3 is 15.5 Å². The van der Waals surface area contributed by atoms with Crippen molar-refractivity contribution in [3.63, 3.8) is 0 Å². The molecule has 1 fully saturated rings. The molecule has 0 aliphatic carbocycles. The van der Waals surface area contributed by atoms with Crippen molar-refractivity contribution in [2.75, 3.05) is 31.9 Å². The molecule has 7 heteroatoms. The summed E-state index contributed by atoms with van der Waals surface area (Å²) in [5.41, 5.74) is 6.11. The lowest BCUT2D eigenvalue weighted by Gasteiger charge is -2.35. The number of nitrogens with zero attached hydrogens (tertiary/aromatic N) is 4. The van der Waals surface area contributed by atoms with Crippen molar-refractivity contribution in [3.8, 4) is 0 Å². The molecule has 1 aliphatic rings. The summed E-state index contributed by atoms with van der Waals surface area (Å²) in [7, 11) is 0. The first kappa shape index (κ1) is 14.4. The van der Waals surface area contributed by atoms with E-state index in [1.807, 2.05) is 18.7 Å². The fourth-order valence-corrected chi connectivity index (χ4v) is 2.25. The zero-order valence-electron chi connectivity index (χ0n) is 12.0. The van der Waals surface area contributed by atoms with E-state index < -0.39 is 0 Å². The molecule has 2 N–H and O–H groups in total. The molecule has 1 aliphatic heterocycles. The van der Waals surface area contributed by atoms with Gasteiger partial charge in [0.15, 0.2) is 0 Å². The van der Waals surface area contributed by atoms with Gasteiger partial charge in [-0.15, -0.1) is 0 Å². The van der Waals surface area contributed by atoms with E-state index >= 15 is 0 Å². The summed E-state index contributed by atoms with van der Waals surface area (Å²) in [6.45, 7) is 6.33. The predicted molar refractivity (Wildman–Crippen MR) is 74.6 cm³/mol. The Kier molecular flexibility index (Phi) is 4.26. The Morgan fingerprint density at radius 3 is 2.35 bits per heavy atom. The molecule has 110 valence electrons. The first-order valence-electron chi connectivity index (χ1n) is 6.82. The summed E-state index contributed by atoms with van der Waals surface area (Å²) in [6.07, 6.45) is 3.16. The number of piperazine rings is 1. The molecule has 20 heavy (non-hydrogen) atoms. The molecule has 0 unspecified atom stereocenters. The molecule has 1 saturated heterocycles. The van der Waals surface area contributed by atoms with Gasteiger partial charge in [-0.2, -0.15) is 5.10 Å². The number of hydrogen-bond acceptors (Lipinski definition) is 4. The van der Waals surface area contributed by atoms with Crippen molar-refractivity contribution in [2.45, 2.75) is 20.4 Å². The minimum Gasteiger partial charge on any atom is -0.396 e. The average molecular weight is 279 g/mol. The van der Waals surface area contributed by atoms with Crippen LogP contribution in [0.25, 0.3) is 0 Å². The Hall–Kier alpha value is -2.05. The Morgan fingerprint density at radius 1 is 1.25 bits per heavy atom. The van der Waals surface area contributed by atoms with Crippen molar-refractivity contribution >= 4 is 17.5 Å². The van der Waals surface area contributed by atoms with Gasteiger partial charge in [0.2, 0.25) is 11.8 Å². The third-order valence-corrected chi connectivity index (χ3v) is 3.39. The van der Waals surface area contributed by atoms with Gasteiger partial charge in [-0.3, -0.25) is 14.3 Å². The summed E-state index contributed by atoms with van der Waals surface area (Å²) in [5, 5.41) is 4.00. The Labute approximate surface area is 118 Å². The minimum atomic E-state index is 0.00398. The van der Waals surface area contributed by atoms with Crippen LogP contribution >= 0.6 is 0 Å². The van der Waals surface area contributed by atoms with Crippen LogP contribution in [0.2, 0.25) is 0 Å². The van der Waals surface area contributed by atoms with Gasteiger partial charge in [0.25, 0.3) is 0 Å². The van der Waals surface area contributed by atoms with Crippen molar-refractivity contribution < 1.29 is 9.59 Å². The summed E-state index contributed by atoms with van der Waals surface area (Å²) in [4.78, 5) is 27.6. The molecule has 1 aromatic heterocycles. The van der Waals surface area contributed by atoms with Gasteiger partial charge in [-0.25, -0.2) is 0 Å². The maximum atomic E-state index is 12.1. The molecule has 0 bridgehead atoms. The van der Waals surface area contributed by atoms with E-state index in [2.05, 4.69) is 5.10 Å². The summed E-state index contributed by atoms with van der Waals surface area (Å²) >= 11 is 0. The van der Waals surface area contributed by atoms with Crippen LogP contribution in [0.4, 0.5) is 5.69 Å². The molecule has 0 radical (unpaired) electrons. The van der Waals surface area contributed by atoms with Gasteiger partial charge >= 0.3 is 0 Å². The number of hydrogen-bond donors (Lipinski definition) is 1. The van der Waals surface area contributed by atoms with E-state index in [0.717, 1.165) is 0 Å². The molecule has 0 spiro atoms. The molecule has 2 rings (SSSR count). The highest BCUT2D eigenvalue weighted by atomic mass is 16.2. The maximum Gasteiger partial charge on any atom is 0.244 e. The summed E-state index contributed by atoms with van der Waals surface area (Å²) in [5.74, 6) is 0.158. The van der Waals surface area contributed by atoms with Crippen molar-refractivity contribution in [1.29, 1.82) is 0 Å². The van der Waals surface area contributed by atoms with E-state index in [1.54, 1.807) is 11.1 Å². The molecule has 1 aromatic rings. The van der Waals surface area contributed by atoms with Gasteiger partial charge in [0.05, 0.1) is 11.9 Å². The molecule has 0 atom stereocenters. The number of rotatable bonds is 3. The second kappa shape index (κ2) is 5.94. The molecular formula is C13H21N5O2. The predicted octanol–water partition coefficient (Wildman–Crippen LogP) is -0.208. The molecule has 2 amide bonds. The van der Waals surface area contributed by atoms with Crippen LogP contribution in [-0.2, 0) is 16.1 Å². The largest absolute Gasteiger partial charge is 0.396 e. The number of aromatic nitrogens is 2. The summed E-state index contributed by atoms with van der Waals surface area (Å²) < 4.78 is 1.53. The van der Waals surface area contributed by atoms with Crippen LogP contribution in [0.5, 0.6) is 0 Å². The zero-order chi connectivity index (χ0) is 14.7. The second-order valence-corrected chi connectivity index (χ2v) is 5.33. The number of carbonyl (C=O) groups excluding carboxylic acids is 2. The van der Waals surface area contributed by atoms with Crippen molar-refractivity contribution in [3.05, 3.63) is 12.4 Å². The van der Waals surface area contributed by atoms with E-state index in [9.17, 15) is 9.59 Å². The second-order valence-electron chi connectivity index (χ2n) is 5.33. The average Bonchev–Trinajstić information content (AvgIpc) is 2.83. The number of nitrogen functional groups attached to an aromatic ring is 1. The minimum absolute atomic E-state index is 0.00398. The fourth-order valence-electron chi connectivity index (χ4n) is 2.25. The Balaban J connectivity index is 1.84. The summed E-state index contributed by atoms with van der Waals surface area (Å²) in [6, 6.07) is 0. The van der Waals surface area contributed by atoms with E-state index in [1.165, 1.54) is 10.9 Å². The smallest absolute Gasteiger partial charge is 0.244 e. The first-order valence-corrected chi connectivity index (χ1v) is 6.82. The molecular weight excluding hydrogens is 258 g/mol. The zero-order valence-corrected chi connectivity index (χ0v) is 12.0. The highest BCUT2D eigenvalue weighted by Crippen LogP contribution is 2.08. The third-order valence-electron chi connectivity index (χ3n) is 3.39. The molecule has 7 nitrogen and oxygen atoms in total. The van der Waals surface area contributed by atoms with Gasteiger partial charge in [-0.1, -0.05) is 13.8 Å². The van der Waals surface area contributed by atoms with Crippen LogP contribution in [-0.4, -0.2) is 57.6 Å². The van der Waals surface area contributed by atoms with Gasteiger partial charge in [-0.05, 0) is 0 Å². The van der Waals surface area contributed by atoms with Crippen LogP contribution in [0, 0.1) is 5.92 Å². The van der Waals surface area contributed by atoms with Gasteiger partial charge in [0.1, 0.15) is 6.54 Å². The SMILES string of the molecule is CC(C)C(=O)N1CCN(C(=O)Cn2cc(N)cn2)CC1. The van der Waals surface area contributed by atoms with Crippen molar-refractivity contribution in [1.82, 2.24) is 19.6 Å². The van der Waals surface area contributed by atoms with E-state index in [0.29, 0.717) is 31.9 Å². The first-order chi connectivity index (χ1) is 9.47. The topological polar surface area (TPSA) is 84.5 Å². The van der Waals surface area contributed by atoms with E-state index in [-0.39, 0.29) is 24.3 Å². The quantitative estimate of drug-likeness (QED) is 0.830. The number of anilines is 1. The molecule has 2 heterocycles. The highest BCUT2D eigenvalue weighted by Gasteiger charge is 2.25. The lowest BCUT2D eigenvalue weighted by atomic mass is 10.1. The highest BCUT2D eigenvalue weighted by molar-refractivity contribution is 5.79. The maximum absolute atomic E-state index is 12.1. The fraction of sp³-hybridized carbons (Fsp3) is 0.615. The van der Waals surface area contributed by atoms with Crippen LogP contribution < -0.4 is 5.73 Å². The standard InChI is InChI=1S/C13H21N5O2/c1-10(2)13(20)17-5-3-16(4-6-17)12(19)9-18-8-11(14)7-15-18/h7-8,10H,3-6,9,14H2,1-2H3. The molecule has 0 saturated carbocycles. The normalized spacial score (nSPS) is 15.8. The number of amides is 2. The van der Waals surface area contributed by atoms with Crippen LogP contribution in [0.15, 0.2) is 12.4 Å².